The highest BCUT2D eigenvalue weighted by molar-refractivity contribution is 5.80. The lowest BCUT2D eigenvalue weighted by Crippen LogP contribution is -2.45. The highest BCUT2D eigenvalue weighted by Gasteiger charge is 2.27. The van der Waals surface area contributed by atoms with E-state index in [-0.39, 0.29) is 30.2 Å². The van der Waals surface area contributed by atoms with Crippen LogP contribution >= 0.6 is 0 Å². The Morgan fingerprint density at radius 1 is 1.19 bits per heavy atom. The second-order valence-corrected chi connectivity index (χ2v) is 6.91. The average Bonchev–Trinajstić information content (AvgIpc) is 2.67. The number of para-hydroxylation sites is 1. The van der Waals surface area contributed by atoms with Crippen LogP contribution < -0.4 is 10.1 Å². The molecule has 0 aromatic heterocycles. The first-order valence-corrected chi connectivity index (χ1v) is 9.43. The van der Waals surface area contributed by atoms with Gasteiger partial charge in [0.1, 0.15) is 5.75 Å². The number of carbonyl (C=O) groups excluding carboxylic acids is 2. The first kappa shape index (κ1) is 20.7. The molecule has 27 heavy (non-hydrogen) atoms. The van der Waals surface area contributed by atoms with Gasteiger partial charge in [0.2, 0.25) is 11.8 Å². The topological polar surface area (TPSA) is 95.9 Å². The lowest BCUT2D eigenvalue weighted by molar-refractivity contribution is -0.137. The summed E-state index contributed by atoms with van der Waals surface area (Å²) in [6.45, 7) is 3.27. The summed E-state index contributed by atoms with van der Waals surface area (Å²) in [7, 11) is 0. The Labute approximate surface area is 159 Å². The fourth-order valence-corrected chi connectivity index (χ4v) is 3.09. The molecule has 2 rings (SSSR count). The molecule has 0 radical (unpaired) electrons. The Bertz CT molecular complexity index is 627. The van der Waals surface area contributed by atoms with E-state index in [2.05, 4.69) is 5.32 Å². The summed E-state index contributed by atoms with van der Waals surface area (Å²) in [6, 6.07) is 9.22. The molecule has 1 saturated heterocycles. The van der Waals surface area contributed by atoms with Crippen LogP contribution in [0.15, 0.2) is 30.3 Å². The Morgan fingerprint density at radius 3 is 2.48 bits per heavy atom. The molecule has 0 aliphatic carbocycles. The largest absolute Gasteiger partial charge is 0.493 e. The first-order valence-electron chi connectivity index (χ1n) is 9.43. The van der Waals surface area contributed by atoms with Gasteiger partial charge in [0, 0.05) is 31.5 Å². The van der Waals surface area contributed by atoms with Gasteiger partial charge in [-0.3, -0.25) is 14.4 Å². The third-order valence-electron chi connectivity index (χ3n) is 4.73. The van der Waals surface area contributed by atoms with E-state index in [1.807, 2.05) is 37.3 Å². The predicted molar refractivity (Wildman–Crippen MR) is 100 cm³/mol. The monoisotopic (exact) mass is 376 g/mol. The summed E-state index contributed by atoms with van der Waals surface area (Å²) < 4.78 is 5.56. The highest BCUT2D eigenvalue weighted by Crippen LogP contribution is 2.19. The van der Waals surface area contributed by atoms with Gasteiger partial charge in [-0.1, -0.05) is 18.2 Å². The molecule has 1 heterocycles. The summed E-state index contributed by atoms with van der Waals surface area (Å²) in [5.74, 6) is -0.245. The molecule has 0 saturated carbocycles. The standard InChI is InChI=1S/C20H28N2O5/c1-15(7-8-19(24)25)21-20(26)16-9-12-22(13-10-16)18(23)11-14-27-17-5-3-2-4-6-17/h2-6,15-16H,7-14H2,1H3,(H,21,26)(H,24,25). The van der Waals surface area contributed by atoms with Crippen LogP contribution in [0.2, 0.25) is 0 Å². The van der Waals surface area contributed by atoms with Gasteiger partial charge in [-0.05, 0) is 38.3 Å². The number of ether oxygens (including phenoxy) is 1. The van der Waals surface area contributed by atoms with E-state index in [1.54, 1.807) is 4.90 Å². The molecule has 2 amide bonds. The molecule has 0 spiro atoms. The quantitative estimate of drug-likeness (QED) is 0.688. The van der Waals surface area contributed by atoms with E-state index in [1.165, 1.54) is 0 Å². The number of hydrogen-bond donors (Lipinski definition) is 2. The number of aliphatic carboxylic acids is 1. The van der Waals surface area contributed by atoms with Crippen molar-refractivity contribution in [3.8, 4) is 5.75 Å². The maximum absolute atomic E-state index is 12.3. The van der Waals surface area contributed by atoms with E-state index in [9.17, 15) is 14.4 Å². The number of hydrogen-bond acceptors (Lipinski definition) is 4. The Morgan fingerprint density at radius 2 is 1.85 bits per heavy atom. The molecule has 148 valence electrons. The van der Waals surface area contributed by atoms with Gasteiger partial charge in [-0.2, -0.15) is 0 Å². The van der Waals surface area contributed by atoms with Crippen molar-refractivity contribution in [3.63, 3.8) is 0 Å². The number of rotatable bonds is 9. The maximum atomic E-state index is 12.3. The lowest BCUT2D eigenvalue weighted by atomic mass is 9.95. The summed E-state index contributed by atoms with van der Waals surface area (Å²) in [4.78, 5) is 36.9. The number of nitrogens with zero attached hydrogens (tertiary/aromatic N) is 1. The molecule has 1 aromatic rings. The zero-order valence-corrected chi connectivity index (χ0v) is 15.7. The van der Waals surface area contributed by atoms with Gasteiger partial charge in [0.05, 0.1) is 13.0 Å². The summed E-state index contributed by atoms with van der Waals surface area (Å²) in [5.41, 5.74) is 0. The summed E-state index contributed by atoms with van der Waals surface area (Å²) >= 11 is 0. The molecular weight excluding hydrogens is 348 g/mol. The third-order valence-corrected chi connectivity index (χ3v) is 4.73. The Kier molecular flexibility index (Phi) is 8.10. The third kappa shape index (κ3) is 7.29. The molecule has 7 nitrogen and oxygen atoms in total. The lowest BCUT2D eigenvalue weighted by Gasteiger charge is -2.32. The smallest absolute Gasteiger partial charge is 0.303 e. The van der Waals surface area contributed by atoms with Gasteiger partial charge in [0.15, 0.2) is 0 Å². The molecular formula is C20H28N2O5. The Balaban J connectivity index is 1.65. The number of carboxylic acid groups (broad SMARTS) is 1. The minimum atomic E-state index is -0.862. The van der Waals surface area contributed by atoms with Crippen molar-refractivity contribution in [2.24, 2.45) is 5.92 Å². The number of amides is 2. The Hall–Kier alpha value is -2.57. The number of nitrogens with one attached hydrogen (secondary N) is 1. The van der Waals surface area contributed by atoms with Gasteiger partial charge in [-0.25, -0.2) is 0 Å². The van der Waals surface area contributed by atoms with Crippen molar-refractivity contribution in [2.45, 2.75) is 45.1 Å². The zero-order chi connectivity index (χ0) is 19.6. The van der Waals surface area contributed by atoms with Crippen LogP contribution in [0.4, 0.5) is 0 Å². The maximum Gasteiger partial charge on any atom is 0.303 e. The normalized spacial score (nSPS) is 15.8. The van der Waals surface area contributed by atoms with Crippen LogP contribution in [-0.4, -0.2) is 53.5 Å². The number of carboxylic acids is 1. The first-order chi connectivity index (χ1) is 13.0. The van der Waals surface area contributed by atoms with Crippen molar-refractivity contribution in [1.29, 1.82) is 0 Å². The van der Waals surface area contributed by atoms with Crippen molar-refractivity contribution >= 4 is 17.8 Å². The molecule has 1 fully saturated rings. The molecule has 0 bridgehead atoms. The molecule has 7 heteroatoms. The van der Waals surface area contributed by atoms with E-state index in [4.69, 9.17) is 9.84 Å². The van der Waals surface area contributed by atoms with Gasteiger partial charge in [-0.15, -0.1) is 0 Å². The fourth-order valence-electron chi connectivity index (χ4n) is 3.09. The predicted octanol–water partition coefficient (Wildman–Crippen LogP) is 2.06. The number of piperidine rings is 1. The van der Waals surface area contributed by atoms with Crippen LogP contribution in [0.25, 0.3) is 0 Å². The highest BCUT2D eigenvalue weighted by atomic mass is 16.5. The van der Waals surface area contributed by atoms with Gasteiger partial charge >= 0.3 is 5.97 Å². The summed E-state index contributed by atoms with van der Waals surface area (Å²) in [6.07, 6.45) is 2.03. The molecule has 1 unspecified atom stereocenters. The van der Waals surface area contributed by atoms with Gasteiger partial charge < -0.3 is 20.1 Å². The van der Waals surface area contributed by atoms with Crippen LogP contribution in [-0.2, 0) is 14.4 Å². The van der Waals surface area contributed by atoms with E-state index in [0.717, 1.165) is 5.75 Å². The van der Waals surface area contributed by atoms with Crippen LogP contribution in [0, 0.1) is 5.92 Å². The second-order valence-electron chi connectivity index (χ2n) is 6.91. The number of benzene rings is 1. The zero-order valence-electron chi connectivity index (χ0n) is 15.7. The minimum Gasteiger partial charge on any atom is -0.493 e. The molecule has 1 aromatic carbocycles. The SMILES string of the molecule is CC(CCC(=O)O)NC(=O)C1CCN(C(=O)CCOc2ccccc2)CC1. The molecule has 2 N–H and O–H groups in total. The van der Waals surface area contributed by atoms with E-state index in [0.29, 0.717) is 45.4 Å². The van der Waals surface area contributed by atoms with Crippen LogP contribution in [0.5, 0.6) is 5.75 Å². The van der Waals surface area contributed by atoms with Crippen molar-refractivity contribution in [2.75, 3.05) is 19.7 Å². The number of likely N-dealkylation sites (tertiary alicyclic amines) is 1. The second kappa shape index (κ2) is 10.5. The average molecular weight is 376 g/mol. The van der Waals surface area contributed by atoms with Gasteiger partial charge in [0.25, 0.3) is 0 Å². The van der Waals surface area contributed by atoms with Crippen molar-refractivity contribution < 1.29 is 24.2 Å². The van der Waals surface area contributed by atoms with E-state index >= 15 is 0 Å². The fraction of sp³-hybridized carbons (Fsp3) is 0.550. The van der Waals surface area contributed by atoms with Crippen molar-refractivity contribution in [1.82, 2.24) is 10.2 Å². The van der Waals surface area contributed by atoms with Crippen molar-refractivity contribution in [3.05, 3.63) is 30.3 Å². The van der Waals surface area contributed by atoms with E-state index < -0.39 is 5.97 Å². The van der Waals surface area contributed by atoms with Crippen LogP contribution in [0.3, 0.4) is 0 Å². The molecule has 1 aliphatic rings. The molecule has 1 atom stereocenters. The molecule has 1 aliphatic heterocycles. The number of carbonyl (C=O) groups is 3. The van der Waals surface area contributed by atoms with Crippen LogP contribution in [0.1, 0.15) is 39.0 Å². The summed E-state index contributed by atoms with van der Waals surface area (Å²) in [5, 5.41) is 11.6. The minimum absolute atomic E-state index is 0.0411.